The van der Waals surface area contributed by atoms with Crippen molar-refractivity contribution < 1.29 is 9.18 Å². The average molecular weight is 257 g/mol. The van der Waals surface area contributed by atoms with E-state index in [2.05, 4.69) is 10.3 Å². The fraction of sp³-hybridized carbons (Fsp3) is 0.500. The first-order chi connectivity index (χ1) is 8.18. The van der Waals surface area contributed by atoms with E-state index < -0.39 is 11.7 Å². The SMILES string of the molecule is O=C(NCC1CCCC1Cl)c1ccncc1F. The lowest BCUT2D eigenvalue weighted by atomic mass is 10.1. The Bertz CT molecular complexity index is 413. The maximum atomic E-state index is 13.3. The number of carbonyl (C=O) groups excluding carboxylic acids is 1. The molecule has 0 aromatic carbocycles. The summed E-state index contributed by atoms with van der Waals surface area (Å²) in [5.74, 6) is -0.704. The molecule has 1 aromatic rings. The molecule has 1 fully saturated rings. The van der Waals surface area contributed by atoms with Gasteiger partial charge in [-0.1, -0.05) is 6.42 Å². The molecule has 0 saturated heterocycles. The second-order valence-electron chi connectivity index (χ2n) is 4.27. The van der Waals surface area contributed by atoms with E-state index >= 15 is 0 Å². The van der Waals surface area contributed by atoms with Crippen LogP contribution >= 0.6 is 11.6 Å². The normalized spacial score (nSPS) is 23.6. The Kier molecular flexibility index (Phi) is 3.94. The minimum atomic E-state index is -0.598. The number of halogens is 2. The van der Waals surface area contributed by atoms with Gasteiger partial charge in [-0.05, 0) is 24.8 Å². The second-order valence-corrected chi connectivity index (χ2v) is 4.83. The maximum absolute atomic E-state index is 13.3. The van der Waals surface area contributed by atoms with E-state index in [9.17, 15) is 9.18 Å². The van der Waals surface area contributed by atoms with Crippen molar-refractivity contribution in [3.05, 3.63) is 29.8 Å². The second kappa shape index (κ2) is 5.45. The summed E-state index contributed by atoms with van der Waals surface area (Å²) in [7, 11) is 0. The van der Waals surface area contributed by atoms with Crippen LogP contribution in [0.1, 0.15) is 29.6 Å². The fourth-order valence-corrected chi connectivity index (χ4v) is 2.47. The Balaban J connectivity index is 1.91. The first-order valence-electron chi connectivity index (χ1n) is 5.70. The maximum Gasteiger partial charge on any atom is 0.254 e. The minimum absolute atomic E-state index is 0.0316. The molecular formula is C12H14ClFN2O. The number of hydrogen-bond donors (Lipinski definition) is 1. The Hall–Kier alpha value is -1.16. The summed E-state index contributed by atoms with van der Waals surface area (Å²) in [5, 5.41) is 2.84. The number of rotatable bonds is 3. The number of pyridine rings is 1. The summed E-state index contributed by atoms with van der Waals surface area (Å²) in [6.07, 6.45) is 5.55. The molecule has 1 saturated carbocycles. The third kappa shape index (κ3) is 2.94. The summed E-state index contributed by atoms with van der Waals surface area (Å²) in [6.45, 7) is 0.509. The fourth-order valence-electron chi connectivity index (χ4n) is 2.10. The van der Waals surface area contributed by atoms with Crippen LogP contribution in [0.25, 0.3) is 0 Å². The van der Waals surface area contributed by atoms with Gasteiger partial charge in [-0.15, -0.1) is 11.6 Å². The number of nitrogens with zero attached hydrogens (tertiary/aromatic N) is 1. The van der Waals surface area contributed by atoms with Crippen molar-refractivity contribution in [2.24, 2.45) is 5.92 Å². The van der Waals surface area contributed by atoms with Gasteiger partial charge in [0.2, 0.25) is 0 Å². The predicted molar refractivity (Wildman–Crippen MR) is 63.5 cm³/mol. The van der Waals surface area contributed by atoms with Crippen molar-refractivity contribution in [2.45, 2.75) is 24.6 Å². The summed E-state index contributed by atoms with van der Waals surface area (Å²) in [4.78, 5) is 15.3. The highest BCUT2D eigenvalue weighted by Gasteiger charge is 2.25. The zero-order valence-electron chi connectivity index (χ0n) is 9.33. The van der Waals surface area contributed by atoms with Crippen LogP contribution in [0.15, 0.2) is 18.5 Å². The van der Waals surface area contributed by atoms with E-state index in [-0.39, 0.29) is 10.9 Å². The monoisotopic (exact) mass is 256 g/mol. The van der Waals surface area contributed by atoms with Gasteiger partial charge < -0.3 is 5.32 Å². The molecule has 2 unspecified atom stereocenters. The first-order valence-corrected chi connectivity index (χ1v) is 6.14. The number of amides is 1. The number of alkyl halides is 1. The van der Waals surface area contributed by atoms with Crippen molar-refractivity contribution in [3.8, 4) is 0 Å². The number of aromatic nitrogens is 1. The smallest absolute Gasteiger partial charge is 0.254 e. The zero-order valence-corrected chi connectivity index (χ0v) is 10.1. The third-order valence-corrected chi connectivity index (χ3v) is 3.68. The van der Waals surface area contributed by atoms with Crippen LogP contribution in [0.5, 0.6) is 0 Å². The largest absolute Gasteiger partial charge is 0.352 e. The van der Waals surface area contributed by atoms with Crippen molar-refractivity contribution in [1.82, 2.24) is 10.3 Å². The average Bonchev–Trinajstić information content (AvgIpc) is 2.72. The molecule has 0 radical (unpaired) electrons. The summed E-state index contributed by atoms with van der Waals surface area (Å²) < 4.78 is 13.3. The molecule has 0 bridgehead atoms. The van der Waals surface area contributed by atoms with E-state index in [1.165, 1.54) is 12.3 Å². The number of hydrogen-bond acceptors (Lipinski definition) is 2. The lowest BCUT2D eigenvalue weighted by molar-refractivity contribution is 0.0943. The molecule has 2 atom stereocenters. The highest BCUT2D eigenvalue weighted by molar-refractivity contribution is 6.21. The van der Waals surface area contributed by atoms with Crippen molar-refractivity contribution in [1.29, 1.82) is 0 Å². The predicted octanol–water partition coefficient (Wildman–Crippen LogP) is 2.36. The standard InChI is InChI=1S/C12H14ClFN2O/c13-10-3-1-2-8(10)6-16-12(17)9-4-5-15-7-11(9)14/h4-5,7-8,10H,1-3,6H2,(H,16,17). The van der Waals surface area contributed by atoms with Gasteiger partial charge in [0.15, 0.2) is 5.82 Å². The summed E-state index contributed by atoms with van der Waals surface area (Å²) in [5.41, 5.74) is 0.0316. The van der Waals surface area contributed by atoms with Crippen molar-refractivity contribution in [3.63, 3.8) is 0 Å². The number of carbonyl (C=O) groups is 1. The van der Waals surface area contributed by atoms with Crippen LogP contribution in [0.3, 0.4) is 0 Å². The molecule has 92 valence electrons. The molecule has 2 rings (SSSR count). The quantitative estimate of drug-likeness (QED) is 0.844. The molecule has 1 aliphatic rings. The van der Waals surface area contributed by atoms with Gasteiger partial charge in [-0.2, -0.15) is 0 Å². The van der Waals surface area contributed by atoms with Crippen LogP contribution in [0, 0.1) is 11.7 Å². The van der Waals surface area contributed by atoms with Gasteiger partial charge in [0.25, 0.3) is 5.91 Å². The van der Waals surface area contributed by atoms with Crippen LogP contribution in [-0.4, -0.2) is 22.8 Å². The van der Waals surface area contributed by atoms with Gasteiger partial charge in [0.05, 0.1) is 11.8 Å². The number of nitrogens with one attached hydrogen (secondary N) is 1. The van der Waals surface area contributed by atoms with E-state index in [0.29, 0.717) is 12.5 Å². The van der Waals surface area contributed by atoms with Gasteiger partial charge in [-0.3, -0.25) is 9.78 Å². The van der Waals surface area contributed by atoms with Crippen LogP contribution in [0.4, 0.5) is 4.39 Å². The first kappa shape index (κ1) is 12.3. The summed E-state index contributed by atoms with van der Waals surface area (Å²) in [6, 6.07) is 1.37. The van der Waals surface area contributed by atoms with E-state index in [1.807, 2.05) is 0 Å². The molecule has 1 heterocycles. The molecule has 1 N–H and O–H groups in total. The van der Waals surface area contributed by atoms with E-state index in [0.717, 1.165) is 25.5 Å². The Labute approximate surface area is 104 Å². The Morgan fingerprint density at radius 3 is 3.06 bits per heavy atom. The molecule has 5 heteroatoms. The Morgan fingerprint density at radius 1 is 1.59 bits per heavy atom. The lowest BCUT2D eigenvalue weighted by Gasteiger charge is -2.14. The van der Waals surface area contributed by atoms with Crippen LogP contribution in [0.2, 0.25) is 0 Å². The molecule has 1 aliphatic carbocycles. The third-order valence-electron chi connectivity index (χ3n) is 3.11. The van der Waals surface area contributed by atoms with Gasteiger partial charge in [-0.25, -0.2) is 4.39 Å². The van der Waals surface area contributed by atoms with Crippen molar-refractivity contribution >= 4 is 17.5 Å². The topological polar surface area (TPSA) is 42.0 Å². The zero-order chi connectivity index (χ0) is 12.3. The molecule has 1 amide bonds. The van der Waals surface area contributed by atoms with E-state index in [4.69, 9.17) is 11.6 Å². The van der Waals surface area contributed by atoms with Crippen LogP contribution in [-0.2, 0) is 0 Å². The molecule has 1 aromatic heterocycles. The summed E-state index contributed by atoms with van der Waals surface area (Å²) >= 11 is 6.10. The van der Waals surface area contributed by atoms with Gasteiger partial charge >= 0.3 is 0 Å². The van der Waals surface area contributed by atoms with Crippen molar-refractivity contribution in [2.75, 3.05) is 6.54 Å². The minimum Gasteiger partial charge on any atom is -0.352 e. The van der Waals surface area contributed by atoms with Gasteiger partial charge in [0, 0.05) is 18.1 Å². The Morgan fingerprint density at radius 2 is 2.41 bits per heavy atom. The molecule has 0 aliphatic heterocycles. The molecule has 17 heavy (non-hydrogen) atoms. The highest BCUT2D eigenvalue weighted by Crippen LogP contribution is 2.29. The lowest BCUT2D eigenvalue weighted by Crippen LogP contribution is -2.31. The highest BCUT2D eigenvalue weighted by atomic mass is 35.5. The van der Waals surface area contributed by atoms with Gasteiger partial charge in [0.1, 0.15) is 0 Å². The molecule has 0 spiro atoms. The van der Waals surface area contributed by atoms with Crippen LogP contribution < -0.4 is 5.32 Å². The molecule has 3 nitrogen and oxygen atoms in total. The van der Waals surface area contributed by atoms with E-state index in [1.54, 1.807) is 0 Å². The molecular weight excluding hydrogens is 243 g/mol.